The maximum atomic E-state index is 13.2. The first-order valence-electron chi connectivity index (χ1n) is 8.88. The first-order valence-corrected chi connectivity index (χ1v) is 8.88. The van der Waals surface area contributed by atoms with Gasteiger partial charge in [-0.25, -0.2) is 19.6 Å². The average Bonchev–Trinajstić information content (AvgIpc) is 2.64. The maximum Gasteiger partial charge on any atom is 0.340 e. The molecule has 7 nitrogen and oxygen atoms in total. The smallest absolute Gasteiger partial charge is 0.340 e. The number of methoxy groups -OCH3 is 1. The quantitative estimate of drug-likeness (QED) is 0.729. The summed E-state index contributed by atoms with van der Waals surface area (Å²) < 4.78 is 4.93. The van der Waals surface area contributed by atoms with E-state index in [-0.39, 0.29) is 24.4 Å². The van der Waals surface area contributed by atoms with Gasteiger partial charge in [-0.3, -0.25) is 4.79 Å². The molecule has 2 rings (SSSR count). The van der Waals surface area contributed by atoms with Gasteiger partial charge in [0.1, 0.15) is 6.04 Å². The number of carbonyl (C=O) groups is 3. The summed E-state index contributed by atoms with van der Waals surface area (Å²) in [5, 5.41) is 2.86. The summed E-state index contributed by atoms with van der Waals surface area (Å²) in [6, 6.07) is 8.45. The van der Waals surface area contributed by atoms with Crippen LogP contribution in [0.1, 0.15) is 32.8 Å². The Bertz CT molecular complexity index is 649. The summed E-state index contributed by atoms with van der Waals surface area (Å²) in [7, 11) is 1.33. The average molecular weight is 361 g/mol. The number of benzene rings is 1. The van der Waals surface area contributed by atoms with Crippen molar-refractivity contribution in [3.05, 3.63) is 35.9 Å². The lowest BCUT2D eigenvalue weighted by atomic mass is 9.97. The van der Waals surface area contributed by atoms with Crippen molar-refractivity contribution in [3.63, 3.8) is 0 Å². The van der Waals surface area contributed by atoms with Crippen molar-refractivity contribution in [3.8, 4) is 0 Å². The third-order valence-corrected chi connectivity index (χ3v) is 4.81. The molecule has 7 heteroatoms. The molecule has 0 radical (unpaired) electrons. The van der Waals surface area contributed by atoms with Gasteiger partial charge in [0.05, 0.1) is 20.2 Å². The summed E-state index contributed by atoms with van der Waals surface area (Å²) in [6.07, 6.45) is 0.735. The van der Waals surface area contributed by atoms with Gasteiger partial charge in [0.15, 0.2) is 0 Å². The number of hydrogen-bond donors (Lipinski definition) is 0. The van der Waals surface area contributed by atoms with Crippen LogP contribution in [-0.4, -0.2) is 59.1 Å². The second-order valence-electron chi connectivity index (χ2n) is 6.51. The standard InChI is InChI=1S/C19H27N3O4/c1-5-14(2)17(18(24)26-4)20-11-12-21(15(3)23)22(19(20)25)13-16-9-7-6-8-10-16/h6-10,14,17H,5,11-13H2,1-4H3/t14?,17-/m0/s1. The number of amides is 3. The van der Waals surface area contributed by atoms with Gasteiger partial charge >= 0.3 is 12.0 Å². The SMILES string of the molecule is CCC(C)[C@@H](C(=O)OC)N1CCN(C(C)=O)N(Cc2ccccc2)C1=O. The van der Waals surface area contributed by atoms with E-state index in [9.17, 15) is 14.4 Å². The molecule has 0 aliphatic carbocycles. The van der Waals surface area contributed by atoms with E-state index in [1.165, 1.54) is 29.0 Å². The van der Waals surface area contributed by atoms with Gasteiger partial charge < -0.3 is 9.64 Å². The molecule has 1 saturated heterocycles. The number of rotatable bonds is 6. The first kappa shape index (κ1) is 19.8. The Kier molecular flexibility index (Phi) is 6.60. The zero-order valence-corrected chi connectivity index (χ0v) is 15.8. The van der Waals surface area contributed by atoms with Crippen molar-refractivity contribution in [1.82, 2.24) is 14.9 Å². The Morgan fingerprint density at radius 2 is 1.85 bits per heavy atom. The number of hydrazine groups is 1. The van der Waals surface area contributed by atoms with Crippen molar-refractivity contribution in [2.24, 2.45) is 5.92 Å². The van der Waals surface area contributed by atoms with Gasteiger partial charge in [-0.1, -0.05) is 50.6 Å². The molecule has 0 spiro atoms. The van der Waals surface area contributed by atoms with Crippen molar-refractivity contribution in [2.45, 2.75) is 39.8 Å². The predicted octanol–water partition coefficient (Wildman–Crippen LogP) is 2.28. The molecule has 3 amide bonds. The Balaban J connectivity index is 2.32. The Labute approximate surface area is 154 Å². The lowest BCUT2D eigenvalue weighted by molar-refractivity contribution is -0.155. The van der Waals surface area contributed by atoms with Crippen LogP contribution in [0.15, 0.2) is 30.3 Å². The van der Waals surface area contributed by atoms with E-state index in [2.05, 4.69) is 0 Å². The van der Waals surface area contributed by atoms with Gasteiger partial charge in [0.25, 0.3) is 0 Å². The fourth-order valence-electron chi connectivity index (χ4n) is 3.18. The molecular formula is C19H27N3O4. The molecular weight excluding hydrogens is 334 g/mol. The molecule has 1 unspecified atom stereocenters. The van der Waals surface area contributed by atoms with Crippen LogP contribution >= 0.6 is 0 Å². The van der Waals surface area contributed by atoms with Crippen LogP contribution in [0.5, 0.6) is 0 Å². The molecule has 2 atom stereocenters. The van der Waals surface area contributed by atoms with Crippen molar-refractivity contribution >= 4 is 17.9 Å². The topological polar surface area (TPSA) is 70.2 Å². The Morgan fingerprint density at radius 1 is 1.19 bits per heavy atom. The number of hydrogen-bond acceptors (Lipinski definition) is 4. The minimum atomic E-state index is -0.662. The monoisotopic (exact) mass is 361 g/mol. The van der Waals surface area contributed by atoms with Gasteiger partial charge in [-0.05, 0) is 11.5 Å². The third-order valence-electron chi connectivity index (χ3n) is 4.81. The fraction of sp³-hybridized carbons (Fsp3) is 0.526. The second kappa shape index (κ2) is 8.69. The zero-order chi connectivity index (χ0) is 19.3. The lowest BCUT2D eigenvalue weighted by Gasteiger charge is -2.46. The third kappa shape index (κ3) is 4.15. The van der Waals surface area contributed by atoms with E-state index in [4.69, 9.17) is 4.74 Å². The number of esters is 1. The molecule has 1 aromatic rings. The largest absolute Gasteiger partial charge is 0.467 e. The minimum Gasteiger partial charge on any atom is -0.467 e. The van der Waals surface area contributed by atoms with Crippen LogP contribution < -0.4 is 0 Å². The highest BCUT2D eigenvalue weighted by atomic mass is 16.5. The molecule has 1 aromatic carbocycles. The predicted molar refractivity (Wildman–Crippen MR) is 96.7 cm³/mol. The molecule has 142 valence electrons. The molecule has 0 aromatic heterocycles. The first-order chi connectivity index (χ1) is 12.4. The maximum absolute atomic E-state index is 13.2. The summed E-state index contributed by atoms with van der Waals surface area (Å²) >= 11 is 0. The summed E-state index contributed by atoms with van der Waals surface area (Å²) in [4.78, 5) is 39.1. The Morgan fingerprint density at radius 3 is 2.38 bits per heavy atom. The van der Waals surface area contributed by atoms with Crippen molar-refractivity contribution in [2.75, 3.05) is 20.2 Å². The molecule has 1 heterocycles. The van der Waals surface area contributed by atoms with Gasteiger partial charge in [-0.15, -0.1) is 0 Å². The summed E-state index contributed by atoms with van der Waals surface area (Å²) in [5.41, 5.74) is 0.909. The summed E-state index contributed by atoms with van der Waals surface area (Å²) in [6.45, 7) is 6.25. The van der Waals surface area contributed by atoms with Crippen LogP contribution in [0.4, 0.5) is 4.79 Å². The van der Waals surface area contributed by atoms with Crippen LogP contribution in [0, 0.1) is 5.92 Å². The number of nitrogens with zero attached hydrogens (tertiary/aromatic N) is 3. The van der Waals surface area contributed by atoms with E-state index < -0.39 is 12.0 Å². The molecule has 0 saturated carbocycles. The van der Waals surface area contributed by atoms with Crippen LogP contribution in [0.2, 0.25) is 0 Å². The van der Waals surface area contributed by atoms with Gasteiger partial charge in [-0.2, -0.15) is 0 Å². The molecule has 0 N–H and O–H groups in total. The van der Waals surface area contributed by atoms with Gasteiger partial charge in [0.2, 0.25) is 5.91 Å². The summed E-state index contributed by atoms with van der Waals surface area (Å²) in [5.74, 6) is -0.676. The second-order valence-corrected chi connectivity index (χ2v) is 6.51. The van der Waals surface area contributed by atoms with Crippen LogP contribution in [0.25, 0.3) is 0 Å². The zero-order valence-electron chi connectivity index (χ0n) is 15.8. The molecule has 26 heavy (non-hydrogen) atoms. The number of urea groups is 1. The van der Waals surface area contributed by atoms with Crippen molar-refractivity contribution in [1.29, 1.82) is 0 Å². The molecule has 1 aliphatic rings. The highest BCUT2D eigenvalue weighted by Crippen LogP contribution is 2.23. The van der Waals surface area contributed by atoms with E-state index in [0.29, 0.717) is 13.1 Å². The lowest BCUT2D eigenvalue weighted by Crippen LogP contribution is -2.64. The highest BCUT2D eigenvalue weighted by Gasteiger charge is 2.41. The van der Waals surface area contributed by atoms with Crippen LogP contribution in [-0.2, 0) is 20.9 Å². The Hall–Kier alpha value is -2.57. The van der Waals surface area contributed by atoms with Crippen LogP contribution in [0.3, 0.4) is 0 Å². The molecule has 1 fully saturated rings. The van der Waals surface area contributed by atoms with Crippen molar-refractivity contribution < 1.29 is 19.1 Å². The highest BCUT2D eigenvalue weighted by molar-refractivity contribution is 5.86. The van der Waals surface area contributed by atoms with Gasteiger partial charge in [0, 0.05) is 13.5 Å². The normalized spacial score (nSPS) is 17.1. The molecule has 0 bridgehead atoms. The number of carbonyl (C=O) groups excluding carboxylic acids is 3. The minimum absolute atomic E-state index is 0.0474. The van der Waals surface area contributed by atoms with E-state index in [0.717, 1.165) is 12.0 Å². The molecule has 1 aliphatic heterocycles. The number of ether oxygens (including phenoxy) is 1. The van der Waals surface area contributed by atoms with E-state index in [1.54, 1.807) is 0 Å². The fourth-order valence-corrected chi connectivity index (χ4v) is 3.18. The van der Waals surface area contributed by atoms with E-state index >= 15 is 0 Å². The van der Waals surface area contributed by atoms with E-state index in [1.807, 2.05) is 44.2 Å².